The molecule has 28 heavy (non-hydrogen) atoms. The number of nitrogens with zero attached hydrogens (tertiary/aromatic N) is 3. The molecule has 4 aromatic rings. The largest absolute Gasteiger partial charge is 0.333 e. The van der Waals surface area contributed by atoms with E-state index in [0.717, 1.165) is 10.4 Å². The quantitative estimate of drug-likeness (QED) is 0.530. The van der Waals surface area contributed by atoms with E-state index in [-0.39, 0.29) is 11.7 Å². The standard InChI is InChI=1S/C21H17FN4OS/c22-19-8-4-2-5-15(19)11-17-12-24-21(28-17)25-20(27)18-7-3-1-6-16(18)13-26-10-9-23-14-26/h1-10,12,14H,11,13H2,(H,24,25,27). The van der Waals surface area contributed by atoms with Crippen LogP contribution in [-0.2, 0) is 13.0 Å². The highest BCUT2D eigenvalue weighted by Crippen LogP contribution is 2.23. The Bertz CT molecular complexity index is 1090. The zero-order chi connectivity index (χ0) is 19.3. The molecule has 0 saturated carbocycles. The summed E-state index contributed by atoms with van der Waals surface area (Å²) in [7, 11) is 0. The molecule has 0 atom stereocenters. The van der Waals surface area contributed by atoms with E-state index in [0.29, 0.717) is 29.2 Å². The van der Waals surface area contributed by atoms with Crippen molar-refractivity contribution in [3.63, 3.8) is 0 Å². The number of benzene rings is 2. The molecule has 2 heterocycles. The molecule has 1 amide bonds. The van der Waals surface area contributed by atoms with Crippen molar-refractivity contribution in [2.45, 2.75) is 13.0 Å². The number of aromatic nitrogens is 3. The second kappa shape index (κ2) is 8.14. The summed E-state index contributed by atoms with van der Waals surface area (Å²) in [5.74, 6) is -0.461. The molecular weight excluding hydrogens is 375 g/mol. The normalized spacial score (nSPS) is 10.8. The van der Waals surface area contributed by atoms with Gasteiger partial charge in [0, 0.05) is 42.0 Å². The third-order valence-electron chi connectivity index (χ3n) is 4.27. The number of nitrogens with one attached hydrogen (secondary N) is 1. The third kappa shape index (κ3) is 4.15. The summed E-state index contributed by atoms with van der Waals surface area (Å²) in [6.07, 6.45) is 7.38. The summed E-state index contributed by atoms with van der Waals surface area (Å²) < 4.78 is 15.7. The van der Waals surface area contributed by atoms with Crippen molar-refractivity contribution < 1.29 is 9.18 Å². The molecule has 0 unspecified atom stereocenters. The molecule has 2 aromatic heterocycles. The lowest BCUT2D eigenvalue weighted by Crippen LogP contribution is -2.15. The Kier molecular flexibility index (Phi) is 5.25. The number of amides is 1. The van der Waals surface area contributed by atoms with Crippen molar-refractivity contribution in [1.29, 1.82) is 0 Å². The topological polar surface area (TPSA) is 59.8 Å². The molecule has 2 aromatic carbocycles. The zero-order valence-corrected chi connectivity index (χ0v) is 15.7. The fourth-order valence-corrected chi connectivity index (χ4v) is 3.73. The average Bonchev–Trinajstić information content (AvgIpc) is 3.36. The molecule has 140 valence electrons. The summed E-state index contributed by atoms with van der Waals surface area (Å²) in [4.78, 5) is 21.9. The van der Waals surface area contributed by atoms with Crippen LogP contribution in [0, 0.1) is 5.82 Å². The van der Waals surface area contributed by atoms with Gasteiger partial charge in [0.1, 0.15) is 5.82 Å². The summed E-state index contributed by atoms with van der Waals surface area (Å²) in [5, 5.41) is 3.34. The Morgan fingerprint density at radius 3 is 2.68 bits per heavy atom. The van der Waals surface area contributed by atoms with Gasteiger partial charge in [-0.25, -0.2) is 14.4 Å². The van der Waals surface area contributed by atoms with E-state index in [9.17, 15) is 9.18 Å². The number of thiazole rings is 1. The molecule has 1 N–H and O–H groups in total. The Hall–Kier alpha value is -3.32. The summed E-state index contributed by atoms with van der Waals surface area (Å²) in [5.41, 5.74) is 2.08. The molecule has 0 saturated heterocycles. The summed E-state index contributed by atoms with van der Waals surface area (Å²) in [6.45, 7) is 0.556. The minimum atomic E-state index is -0.241. The fraction of sp³-hybridized carbons (Fsp3) is 0.0952. The maximum atomic E-state index is 13.8. The number of carbonyl (C=O) groups excluding carboxylic acids is 1. The van der Waals surface area contributed by atoms with Gasteiger partial charge >= 0.3 is 0 Å². The smallest absolute Gasteiger partial charge is 0.257 e. The Balaban J connectivity index is 1.48. The number of imidazole rings is 1. The summed E-state index contributed by atoms with van der Waals surface area (Å²) in [6, 6.07) is 14.1. The molecule has 0 aliphatic heterocycles. The second-order valence-electron chi connectivity index (χ2n) is 6.25. The van der Waals surface area contributed by atoms with Crippen molar-refractivity contribution in [1.82, 2.24) is 14.5 Å². The van der Waals surface area contributed by atoms with E-state index in [1.165, 1.54) is 17.4 Å². The van der Waals surface area contributed by atoms with E-state index in [4.69, 9.17) is 0 Å². The molecule has 0 spiro atoms. The van der Waals surface area contributed by atoms with Gasteiger partial charge in [-0.1, -0.05) is 36.4 Å². The van der Waals surface area contributed by atoms with Crippen LogP contribution in [0.2, 0.25) is 0 Å². The van der Waals surface area contributed by atoms with Crippen LogP contribution in [0.15, 0.2) is 73.4 Å². The molecule has 0 aliphatic rings. The van der Waals surface area contributed by atoms with Gasteiger partial charge < -0.3 is 4.57 Å². The lowest BCUT2D eigenvalue weighted by molar-refractivity contribution is 0.102. The number of hydrogen-bond donors (Lipinski definition) is 1. The van der Waals surface area contributed by atoms with Gasteiger partial charge in [-0.2, -0.15) is 0 Å². The number of halogens is 1. The van der Waals surface area contributed by atoms with E-state index < -0.39 is 0 Å². The monoisotopic (exact) mass is 392 g/mol. The first-order valence-electron chi connectivity index (χ1n) is 8.72. The lowest BCUT2D eigenvalue weighted by atomic mass is 10.1. The van der Waals surface area contributed by atoms with Crippen LogP contribution in [0.1, 0.15) is 26.4 Å². The van der Waals surface area contributed by atoms with Crippen LogP contribution in [0.25, 0.3) is 0 Å². The first-order valence-corrected chi connectivity index (χ1v) is 9.54. The van der Waals surface area contributed by atoms with Gasteiger partial charge in [0.05, 0.1) is 6.33 Å². The predicted octanol–water partition coefficient (Wildman–Crippen LogP) is 4.37. The van der Waals surface area contributed by atoms with Gasteiger partial charge in [-0.3, -0.25) is 10.1 Å². The SMILES string of the molecule is O=C(Nc1ncc(Cc2ccccc2F)s1)c1ccccc1Cn1ccnc1. The maximum absolute atomic E-state index is 13.8. The van der Waals surface area contributed by atoms with E-state index >= 15 is 0 Å². The molecule has 4 rings (SSSR count). The van der Waals surface area contributed by atoms with Crippen molar-refractivity contribution in [3.05, 3.63) is 101 Å². The number of anilines is 1. The van der Waals surface area contributed by atoms with Crippen LogP contribution in [0.3, 0.4) is 0 Å². The van der Waals surface area contributed by atoms with Gasteiger partial charge in [-0.15, -0.1) is 11.3 Å². The van der Waals surface area contributed by atoms with Crippen molar-refractivity contribution in [3.8, 4) is 0 Å². The van der Waals surface area contributed by atoms with Crippen LogP contribution in [0.4, 0.5) is 9.52 Å². The first-order chi connectivity index (χ1) is 13.7. The lowest BCUT2D eigenvalue weighted by Gasteiger charge is -2.09. The van der Waals surface area contributed by atoms with E-state index in [2.05, 4.69) is 15.3 Å². The summed E-state index contributed by atoms with van der Waals surface area (Å²) >= 11 is 1.35. The highest BCUT2D eigenvalue weighted by molar-refractivity contribution is 7.15. The Morgan fingerprint density at radius 2 is 1.89 bits per heavy atom. The third-order valence-corrected chi connectivity index (χ3v) is 5.18. The van der Waals surface area contributed by atoms with Crippen molar-refractivity contribution >= 4 is 22.4 Å². The highest BCUT2D eigenvalue weighted by Gasteiger charge is 2.14. The second-order valence-corrected chi connectivity index (χ2v) is 7.36. The number of hydrogen-bond acceptors (Lipinski definition) is 4. The van der Waals surface area contributed by atoms with Crippen molar-refractivity contribution in [2.24, 2.45) is 0 Å². The van der Waals surface area contributed by atoms with Crippen LogP contribution >= 0.6 is 11.3 Å². The Morgan fingerprint density at radius 1 is 1.11 bits per heavy atom. The van der Waals surface area contributed by atoms with Gasteiger partial charge in [0.2, 0.25) is 0 Å². The molecule has 5 nitrogen and oxygen atoms in total. The van der Waals surface area contributed by atoms with Gasteiger partial charge in [0.15, 0.2) is 5.13 Å². The van der Waals surface area contributed by atoms with Crippen LogP contribution in [0.5, 0.6) is 0 Å². The van der Waals surface area contributed by atoms with Gasteiger partial charge in [-0.05, 0) is 23.3 Å². The van der Waals surface area contributed by atoms with Crippen LogP contribution < -0.4 is 5.32 Å². The number of carbonyl (C=O) groups is 1. The predicted molar refractivity (Wildman–Crippen MR) is 107 cm³/mol. The number of rotatable bonds is 6. The van der Waals surface area contributed by atoms with Gasteiger partial charge in [0.25, 0.3) is 5.91 Å². The molecule has 0 radical (unpaired) electrons. The fourth-order valence-electron chi connectivity index (χ4n) is 2.90. The Labute approximate surface area is 165 Å². The van der Waals surface area contributed by atoms with Crippen molar-refractivity contribution in [2.75, 3.05) is 5.32 Å². The maximum Gasteiger partial charge on any atom is 0.257 e. The van der Waals surface area contributed by atoms with E-state index in [1.54, 1.807) is 43.0 Å². The molecule has 0 bridgehead atoms. The minimum Gasteiger partial charge on any atom is -0.333 e. The minimum absolute atomic E-state index is 0.220. The van der Waals surface area contributed by atoms with E-state index in [1.807, 2.05) is 29.0 Å². The highest BCUT2D eigenvalue weighted by atomic mass is 32.1. The van der Waals surface area contributed by atoms with Crippen LogP contribution in [-0.4, -0.2) is 20.4 Å². The molecule has 0 fully saturated rings. The first kappa shape index (κ1) is 18.1. The zero-order valence-electron chi connectivity index (χ0n) is 14.9. The molecule has 7 heteroatoms. The molecular formula is C21H17FN4OS. The average molecular weight is 392 g/mol. The molecule has 0 aliphatic carbocycles.